The molecule has 0 fully saturated rings. The number of hydrogen-bond donors (Lipinski definition) is 1. The fraction of sp³-hybridized carbons (Fsp3) is 0.182. The van der Waals surface area contributed by atoms with Crippen LogP contribution in [-0.2, 0) is 13.0 Å². The van der Waals surface area contributed by atoms with Gasteiger partial charge in [-0.05, 0) is 53.4 Å². The lowest BCUT2D eigenvalue weighted by atomic mass is 9.95. The van der Waals surface area contributed by atoms with Gasteiger partial charge in [-0.1, -0.05) is 24.3 Å². The molecule has 0 radical (unpaired) electrons. The quantitative estimate of drug-likeness (QED) is 0.232. The minimum Gasteiger partial charge on any atom is -1.00 e. The van der Waals surface area contributed by atoms with Crippen LogP contribution in [0.4, 0.5) is 0 Å². The molecule has 1 N–H and O–H groups in total. The van der Waals surface area contributed by atoms with Gasteiger partial charge in [0.2, 0.25) is 12.5 Å². The van der Waals surface area contributed by atoms with E-state index in [0.717, 1.165) is 74.2 Å². The van der Waals surface area contributed by atoms with Gasteiger partial charge in [0.05, 0.1) is 23.6 Å². The molecule has 0 unspecified atom stereocenters. The van der Waals surface area contributed by atoms with Crippen molar-refractivity contribution in [3.8, 4) is 40.0 Å². The summed E-state index contributed by atoms with van der Waals surface area (Å²) in [6.07, 6.45) is 3.09. The lowest BCUT2D eigenvalue weighted by Gasteiger charge is -2.18. The highest BCUT2D eigenvalue weighted by atomic mass is 79.9. The molecule has 4 aromatic carbocycles. The number of hydrogen-bond acceptors (Lipinski definition) is 5. The van der Waals surface area contributed by atoms with E-state index in [4.69, 9.17) is 23.7 Å². The van der Waals surface area contributed by atoms with Crippen LogP contribution in [0.25, 0.3) is 43.8 Å². The van der Waals surface area contributed by atoms with Crippen LogP contribution in [0.1, 0.15) is 5.56 Å². The maximum absolute atomic E-state index is 6.36. The SMILES string of the molecule is COc1ccc2cc3[n+](cc2c1OCCOc1cccc2[nH]c4ccccc4c12)CCc1cc2c(cc1-3)OCO2.[Br-]. The number of fused-ring (bicyclic) bond motifs is 8. The number of pyridine rings is 1. The van der Waals surface area contributed by atoms with Crippen molar-refractivity contribution >= 4 is 32.6 Å². The molecule has 7 nitrogen and oxygen atoms in total. The molecule has 4 heterocycles. The number of aromatic nitrogens is 2. The number of para-hydroxylation sites is 1. The largest absolute Gasteiger partial charge is 1.00 e. The highest BCUT2D eigenvalue weighted by Gasteiger charge is 2.28. The summed E-state index contributed by atoms with van der Waals surface area (Å²) >= 11 is 0. The second-order valence-corrected chi connectivity index (χ2v) is 10.1. The van der Waals surface area contributed by atoms with Crippen LogP contribution < -0.4 is 45.2 Å². The monoisotopic (exact) mass is 610 g/mol. The van der Waals surface area contributed by atoms with Crippen molar-refractivity contribution in [2.24, 2.45) is 0 Å². The summed E-state index contributed by atoms with van der Waals surface area (Å²) < 4.78 is 31.9. The smallest absolute Gasteiger partial charge is 0.231 e. The second kappa shape index (κ2) is 10.2. The summed E-state index contributed by atoms with van der Waals surface area (Å²) in [6, 6.07) is 24.8. The minimum absolute atomic E-state index is 0. The second-order valence-electron chi connectivity index (χ2n) is 10.1. The normalized spacial score (nSPS) is 13.1. The topological polar surface area (TPSA) is 65.8 Å². The molecule has 0 bridgehead atoms. The molecule has 2 aromatic heterocycles. The van der Waals surface area contributed by atoms with Crippen molar-refractivity contribution < 1.29 is 45.2 Å². The van der Waals surface area contributed by atoms with E-state index >= 15 is 0 Å². The number of rotatable bonds is 6. The predicted molar refractivity (Wildman–Crippen MR) is 153 cm³/mol. The van der Waals surface area contributed by atoms with Crippen molar-refractivity contribution in [1.82, 2.24) is 4.98 Å². The molecule has 0 saturated carbocycles. The van der Waals surface area contributed by atoms with Crippen LogP contribution >= 0.6 is 0 Å². The summed E-state index contributed by atoms with van der Waals surface area (Å²) in [7, 11) is 1.67. The summed E-state index contributed by atoms with van der Waals surface area (Å²) in [5, 5.41) is 4.33. The van der Waals surface area contributed by atoms with Gasteiger partial charge in [-0.25, -0.2) is 0 Å². The van der Waals surface area contributed by atoms with E-state index < -0.39 is 0 Å². The standard InChI is InChI=1S/C33H27N2O5.BrH/c1-36-29-10-9-20-15-27-23-17-31-30(39-19-40-31)16-21(23)11-12-35(27)18-24(20)33(29)38-14-13-37-28-8-4-7-26-32(28)22-5-2-3-6-25(22)34-26;/h2-10,15-18,34H,11-14,19H2,1H3;1H/q+1;/p-1. The van der Waals surface area contributed by atoms with Gasteiger partial charge in [0.1, 0.15) is 19.0 Å². The van der Waals surface area contributed by atoms with E-state index in [1.54, 1.807) is 7.11 Å². The molecule has 206 valence electrons. The maximum Gasteiger partial charge on any atom is 0.231 e. The van der Waals surface area contributed by atoms with Crippen molar-refractivity contribution in [2.75, 3.05) is 27.1 Å². The first-order chi connectivity index (χ1) is 19.8. The fourth-order valence-electron chi connectivity index (χ4n) is 5.99. The van der Waals surface area contributed by atoms with Gasteiger partial charge in [0, 0.05) is 28.8 Å². The molecule has 41 heavy (non-hydrogen) atoms. The van der Waals surface area contributed by atoms with Crippen LogP contribution in [0.15, 0.2) is 79.0 Å². The molecule has 2 aliphatic heterocycles. The van der Waals surface area contributed by atoms with Gasteiger partial charge in [0.15, 0.2) is 35.7 Å². The van der Waals surface area contributed by atoms with Crippen LogP contribution in [-0.4, -0.2) is 32.1 Å². The van der Waals surface area contributed by atoms with Gasteiger partial charge in [0.25, 0.3) is 0 Å². The number of nitrogens with zero attached hydrogens (tertiary/aromatic N) is 1. The molecule has 2 aliphatic rings. The lowest BCUT2D eigenvalue weighted by molar-refractivity contribution is -0.686. The summed E-state index contributed by atoms with van der Waals surface area (Å²) in [4.78, 5) is 3.47. The molecule has 0 amide bonds. The maximum atomic E-state index is 6.36. The Hall–Kier alpha value is -4.43. The zero-order valence-electron chi connectivity index (χ0n) is 22.4. The molecule has 0 atom stereocenters. The number of halogens is 1. The van der Waals surface area contributed by atoms with E-state index in [9.17, 15) is 0 Å². The van der Waals surface area contributed by atoms with E-state index in [-0.39, 0.29) is 23.8 Å². The Bertz CT molecular complexity index is 1950. The number of nitrogens with one attached hydrogen (secondary N) is 1. The lowest BCUT2D eigenvalue weighted by Crippen LogP contribution is -3.00. The Morgan fingerprint density at radius 3 is 2.56 bits per heavy atom. The van der Waals surface area contributed by atoms with Gasteiger partial charge >= 0.3 is 0 Å². The highest BCUT2D eigenvalue weighted by molar-refractivity contribution is 6.10. The molecule has 8 heteroatoms. The average Bonchev–Trinajstić information content (AvgIpc) is 3.61. The Kier molecular flexibility index (Phi) is 6.35. The first-order valence-electron chi connectivity index (χ1n) is 13.5. The van der Waals surface area contributed by atoms with Crippen LogP contribution in [0, 0.1) is 0 Å². The Morgan fingerprint density at radius 1 is 0.829 bits per heavy atom. The van der Waals surface area contributed by atoms with Gasteiger partial charge < -0.3 is 45.6 Å². The minimum atomic E-state index is 0. The van der Waals surface area contributed by atoms with Crippen molar-refractivity contribution in [3.63, 3.8) is 0 Å². The van der Waals surface area contributed by atoms with E-state index in [1.165, 1.54) is 11.1 Å². The number of ether oxygens (including phenoxy) is 5. The van der Waals surface area contributed by atoms with Gasteiger partial charge in [-0.3, -0.25) is 0 Å². The third-order valence-corrected chi connectivity index (χ3v) is 7.88. The van der Waals surface area contributed by atoms with Crippen molar-refractivity contribution in [1.29, 1.82) is 0 Å². The number of methoxy groups -OCH3 is 1. The average molecular weight is 611 g/mol. The van der Waals surface area contributed by atoms with Crippen molar-refractivity contribution in [2.45, 2.75) is 13.0 Å². The third kappa shape index (κ3) is 4.21. The van der Waals surface area contributed by atoms with E-state index in [2.05, 4.69) is 58.2 Å². The number of H-pyrrole nitrogens is 1. The molecule has 0 aliphatic carbocycles. The first-order valence-corrected chi connectivity index (χ1v) is 13.5. The Morgan fingerprint density at radius 2 is 1.66 bits per heavy atom. The molecular formula is C33H27BrN2O5. The highest BCUT2D eigenvalue weighted by Crippen LogP contribution is 2.42. The zero-order valence-corrected chi connectivity index (χ0v) is 24.0. The van der Waals surface area contributed by atoms with E-state index in [0.29, 0.717) is 19.0 Å². The van der Waals surface area contributed by atoms with Crippen LogP contribution in [0.5, 0.6) is 28.7 Å². The van der Waals surface area contributed by atoms with Crippen LogP contribution in [0.3, 0.4) is 0 Å². The fourth-order valence-corrected chi connectivity index (χ4v) is 5.99. The van der Waals surface area contributed by atoms with Gasteiger partial charge in [-0.2, -0.15) is 4.57 Å². The van der Waals surface area contributed by atoms with Crippen molar-refractivity contribution in [3.05, 3.63) is 84.6 Å². The summed E-state index contributed by atoms with van der Waals surface area (Å²) in [6.45, 7) is 1.92. The Labute approximate surface area is 246 Å². The molecular weight excluding hydrogens is 584 g/mol. The number of aryl methyl sites for hydroxylation is 2. The predicted octanol–water partition coefficient (Wildman–Crippen LogP) is 3.18. The molecule has 6 aromatic rings. The summed E-state index contributed by atoms with van der Waals surface area (Å²) in [5.41, 5.74) is 5.76. The third-order valence-electron chi connectivity index (χ3n) is 7.88. The first kappa shape index (κ1) is 25.5. The molecule has 0 spiro atoms. The van der Waals surface area contributed by atoms with E-state index in [1.807, 2.05) is 30.3 Å². The number of benzene rings is 4. The number of aromatic amines is 1. The zero-order chi connectivity index (χ0) is 26.6. The summed E-state index contributed by atoms with van der Waals surface area (Å²) in [5.74, 6) is 3.89. The van der Waals surface area contributed by atoms with Gasteiger partial charge in [-0.15, -0.1) is 0 Å². The van der Waals surface area contributed by atoms with Crippen LogP contribution in [0.2, 0.25) is 0 Å². The molecule has 8 rings (SSSR count). The Balaban J connectivity index is 0.00000276. The molecule has 0 saturated heterocycles.